The molecule has 1 amide bonds. The number of halogens is 1. The zero-order chi connectivity index (χ0) is 22.8. The number of carbonyl (C=O) groups is 2. The first kappa shape index (κ1) is 21.9. The van der Waals surface area contributed by atoms with Crippen LogP contribution in [0.15, 0.2) is 18.2 Å². The maximum atomic E-state index is 12.2. The summed E-state index contributed by atoms with van der Waals surface area (Å²) in [5.74, 6) is -0.734. The number of ether oxygens (including phenoxy) is 1. The smallest absolute Gasteiger partial charge is 0.325 e. The SMILES string of the molecule is Nc1nc(COC(=O)CNC(=O)c2ccc(Cl)c([N+](=O)[O-])c2)nc2sc3c(c12)CCCC3. The number of fused-ring (bicyclic) bond motifs is 3. The zero-order valence-electron chi connectivity index (χ0n) is 16.7. The lowest BCUT2D eigenvalue weighted by Gasteiger charge is -2.11. The molecule has 0 fully saturated rings. The van der Waals surface area contributed by atoms with Gasteiger partial charge in [-0.05, 0) is 43.4 Å². The van der Waals surface area contributed by atoms with Crippen LogP contribution in [0.25, 0.3) is 10.2 Å². The van der Waals surface area contributed by atoms with Gasteiger partial charge in [0.2, 0.25) is 0 Å². The first-order valence-electron chi connectivity index (χ1n) is 9.78. The first-order valence-corrected chi connectivity index (χ1v) is 11.0. The number of carbonyl (C=O) groups excluding carboxylic acids is 2. The molecule has 0 spiro atoms. The fourth-order valence-corrected chi connectivity index (χ4v) is 5.02. The maximum absolute atomic E-state index is 12.2. The molecule has 166 valence electrons. The molecule has 1 aromatic carbocycles. The maximum Gasteiger partial charge on any atom is 0.325 e. The number of aromatic nitrogens is 2. The van der Waals surface area contributed by atoms with E-state index in [1.807, 2.05) is 0 Å². The minimum Gasteiger partial charge on any atom is -0.456 e. The van der Waals surface area contributed by atoms with E-state index in [-0.39, 0.29) is 23.0 Å². The average molecular weight is 476 g/mol. The Morgan fingerprint density at radius 1 is 1.28 bits per heavy atom. The summed E-state index contributed by atoms with van der Waals surface area (Å²) in [6, 6.07) is 3.60. The van der Waals surface area contributed by atoms with Gasteiger partial charge in [0.1, 0.15) is 22.2 Å². The van der Waals surface area contributed by atoms with Crippen molar-refractivity contribution in [1.29, 1.82) is 0 Å². The van der Waals surface area contributed by atoms with E-state index >= 15 is 0 Å². The number of esters is 1. The van der Waals surface area contributed by atoms with Crippen molar-refractivity contribution in [3.63, 3.8) is 0 Å². The summed E-state index contributed by atoms with van der Waals surface area (Å²) in [5.41, 5.74) is 6.96. The summed E-state index contributed by atoms with van der Waals surface area (Å²) in [7, 11) is 0. The second kappa shape index (κ2) is 9.05. The monoisotopic (exact) mass is 475 g/mol. The summed E-state index contributed by atoms with van der Waals surface area (Å²) in [6.07, 6.45) is 4.24. The molecule has 10 nitrogen and oxygen atoms in total. The van der Waals surface area contributed by atoms with E-state index in [2.05, 4.69) is 15.3 Å². The Bertz CT molecular complexity index is 1240. The number of nitro benzene ring substituents is 1. The number of benzene rings is 1. The topological polar surface area (TPSA) is 150 Å². The minimum absolute atomic E-state index is 0.00267. The van der Waals surface area contributed by atoms with Gasteiger partial charge in [0.25, 0.3) is 11.6 Å². The Morgan fingerprint density at radius 2 is 2.06 bits per heavy atom. The van der Waals surface area contributed by atoms with Gasteiger partial charge in [0.05, 0.1) is 10.3 Å². The van der Waals surface area contributed by atoms with E-state index in [1.165, 1.54) is 22.6 Å². The molecule has 12 heteroatoms. The zero-order valence-corrected chi connectivity index (χ0v) is 18.3. The van der Waals surface area contributed by atoms with Gasteiger partial charge in [-0.3, -0.25) is 19.7 Å². The molecule has 3 N–H and O–H groups in total. The highest BCUT2D eigenvalue weighted by Crippen LogP contribution is 2.37. The highest BCUT2D eigenvalue weighted by molar-refractivity contribution is 7.19. The molecule has 2 heterocycles. The van der Waals surface area contributed by atoms with Crippen LogP contribution in [-0.2, 0) is 29.0 Å². The highest BCUT2D eigenvalue weighted by Gasteiger charge is 2.21. The van der Waals surface area contributed by atoms with Gasteiger partial charge >= 0.3 is 5.97 Å². The van der Waals surface area contributed by atoms with E-state index in [0.29, 0.717) is 5.82 Å². The number of nitrogens with two attached hydrogens (primary N) is 1. The van der Waals surface area contributed by atoms with E-state index in [0.717, 1.165) is 42.0 Å². The van der Waals surface area contributed by atoms with E-state index in [9.17, 15) is 19.7 Å². The lowest BCUT2D eigenvalue weighted by atomic mass is 9.97. The number of nitrogen functional groups attached to an aromatic ring is 1. The number of thiophene rings is 1. The van der Waals surface area contributed by atoms with E-state index in [4.69, 9.17) is 22.1 Å². The predicted octanol–water partition coefficient (Wildman–Crippen LogP) is 3.19. The second-order valence-electron chi connectivity index (χ2n) is 7.18. The molecule has 0 bridgehead atoms. The largest absolute Gasteiger partial charge is 0.456 e. The highest BCUT2D eigenvalue weighted by atomic mass is 35.5. The van der Waals surface area contributed by atoms with Crippen molar-refractivity contribution in [3.05, 3.63) is 55.2 Å². The molecular weight excluding hydrogens is 458 g/mol. The summed E-state index contributed by atoms with van der Waals surface area (Å²) in [5, 5.41) is 14.1. The molecule has 3 aromatic rings. The van der Waals surface area contributed by atoms with Crippen LogP contribution >= 0.6 is 22.9 Å². The molecule has 0 unspecified atom stereocenters. The van der Waals surface area contributed by atoms with E-state index in [1.54, 1.807) is 11.3 Å². The fraction of sp³-hybridized carbons (Fsp3) is 0.300. The van der Waals surface area contributed by atoms with Crippen molar-refractivity contribution in [2.24, 2.45) is 0 Å². The predicted molar refractivity (Wildman–Crippen MR) is 119 cm³/mol. The standard InChI is InChI=1S/C20H18ClN5O5S/c21-12-6-5-10(7-13(12)26(29)30)19(28)23-8-16(27)31-9-15-24-18(22)17-11-3-1-2-4-14(11)32-20(17)25-15/h5-7H,1-4,8-9H2,(H,23,28)(H2,22,24,25). The summed E-state index contributed by atoms with van der Waals surface area (Å²) < 4.78 is 5.14. The van der Waals surface area contributed by atoms with Crippen molar-refractivity contribution < 1.29 is 19.2 Å². The number of nitro groups is 1. The number of nitrogens with zero attached hydrogens (tertiary/aromatic N) is 3. The van der Waals surface area contributed by atoms with Crippen LogP contribution in [0.4, 0.5) is 11.5 Å². The molecule has 0 radical (unpaired) electrons. The Labute approximate surface area is 190 Å². The van der Waals surface area contributed by atoms with Crippen LogP contribution in [0.3, 0.4) is 0 Å². The number of nitrogens with one attached hydrogen (secondary N) is 1. The molecule has 1 aliphatic rings. The molecule has 0 atom stereocenters. The summed E-state index contributed by atoms with van der Waals surface area (Å²) >= 11 is 7.32. The minimum atomic E-state index is -0.713. The van der Waals surface area contributed by atoms with Crippen LogP contribution in [0.5, 0.6) is 0 Å². The lowest BCUT2D eigenvalue weighted by molar-refractivity contribution is -0.384. The molecule has 4 rings (SSSR count). The second-order valence-corrected chi connectivity index (χ2v) is 8.67. The number of amides is 1. The number of hydrogen-bond donors (Lipinski definition) is 2. The van der Waals surface area contributed by atoms with Gasteiger partial charge in [-0.25, -0.2) is 9.97 Å². The molecule has 0 saturated carbocycles. The fourth-order valence-electron chi connectivity index (χ4n) is 3.54. The average Bonchev–Trinajstić information content (AvgIpc) is 3.15. The third-order valence-electron chi connectivity index (χ3n) is 5.05. The molecule has 1 aliphatic carbocycles. The number of aryl methyl sites for hydroxylation is 2. The molecule has 32 heavy (non-hydrogen) atoms. The normalized spacial score (nSPS) is 12.9. The van der Waals surface area contributed by atoms with Gasteiger partial charge in [-0.15, -0.1) is 11.3 Å². The van der Waals surface area contributed by atoms with E-state index < -0.39 is 29.0 Å². The molecular formula is C20H18ClN5O5S. The lowest BCUT2D eigenvalue weighted by Crippen LogP contribution is -2.30. The van der Waals surface area contributed by atoms with Crippen molar-refractivity contribution in [2.75, 3.05) is 12.3 Å². The van der Waals surface area contributed by atoms with Crippen LogP contribution in [0.1, 0.15) is 39.5 Å². The Hall–Kier alpha value is -3.31. The number of hydrogen-bond acceptors (Lipinski definition) is 9. The Balaban J connectivity index is 1.36. The molecule has 0 saturated heterocycles. The molecule has 2 aromatic heterocycles. The van der Waals surface area contributed by atoms with Crippen molar-refractivity contribution in [1.82, 2.24) is 15.3 Å². The summed E-state index contributed by atoms with van der Waals surface area (Å²) in [4.78, 5) is 45.3. The third kappa shape index (κ3) is 4.48. The Morgan fingerprint density at radius 3 is 2.84 bits per heavy atom. The van der Waals surface area contributed by atoms with Crippen LogP contribution in [0, 0.1) is 10.1 Å². The number of anilines is 1. The quantitative estimate of drug-likeness (QED) is 0.313. The van der Waals surface area contributed by atoms with Gasteiger partial charge in [-0.1, -0.05) is 11.6 Å². The number of rotatable bonds is 6. The van der Waals surface area contributed by atoms with Crippen molar-refractivity contribution >= 4 is 56.5 Å². The van der Waals surface area contributed by atoms with Crippen LogP contribution in [-0.4, -0.2) is 33.3 Å². The van der Waals surface area contributed by atoms with Gasteiger partial charge in [0, 0.05) is 16.5 Å². The van der Waals surface area contributed by atoms with Crippen molar-refractivity contribution in [2.45, 2.75) is 32.3 Å². The van der Waals surface area contributed by atoms with Crippen LogP contribution < -0.4 is 11.1 Å². The van der Waals surface area contributed by atoms with Crippen molar-refractivity contribution in [3.8, 4) is 0 Å². The summed E-state index contributed by atoms with van der Waals surface area (Å²) in [6.45, 7) is -0.621. The van der Waals surface area contributed by atoms with Gasteiger partial charge in [-0.2, -0.15) is 0 Å². The van der Waals surface area contributed by atoms with Gasteiger partial charge < -0.3 is 15.8 Å². The third-order valence-corrected chi connectivity index (χ3v) is 6.55. The van der Waals surface area contributed by atoms with Gasteiger partial charge in [0.15, 0.2) is 12.4 Å². The Kier molecular flexibility index (Phi) is 6.19. The molecule has 0 aliphatic heterocycles. The first-order chi connectivity index (χ1) is 15.3. The van der Waals surface area contributed by atoms with Crippen LogP contribution in [0.2, 0.25) is 5.02 Å².